The van der Waals surface area contributed by atoms with Gasteiger partial charge in [0, 0.05) is 5.56 Å². The van der Waals surface area contributed by atoms with Gasteiger partial charge in [0.05, 0.1) is 5.69 Å². The molecule has 1 N–H and O–H groups in total. The normalized spacial score (nSPS) is 11.7. The SMILES string of the molecule is O=C(/C(=C\O)N=Nc1ccccc1)c1ccccc1. The van der Waals surface area contributed by atoms with Gasteiger partial charge in [0.15, 0.2) is 5.70 Å². The molecule has 0 saturated carbocycles. The maximum Gasteiger partial charge on any atom is 0.216 e. The van der Waals surface area contributed by atoms with Crippen LogP contribution >= 0.6 is 0 Å². The van der Waals surface area contributed by atoms with Gasteiger partial charge in [-0.3, -0.25) is 4.79 Å². The molecule has 0 aliphatic carbocycles. The summed E-state index contributed by atoms with van der Waals surface area (Å²) in [5, 5.41) is 16.8. The molecule has 0 fully saturated rings. The standard InChI is InChI=1S/C15H12N2O2/c18-11-14(15(19)12-7-3-1-4-8-12)17-16-13-9-5-2-6-10-13/h1-11,18H/b14-11+,17-16?. The van der Waals surface area contributed by atoms with Crippen LogP contribution in [0.5, 0.6) is 0 Å². The lowest BCUT2D eigenvalue weighted by atomic mass is 10.1. The molecule has 0 radical (unpaired) electrons. The number of azo groups is 1. The average Bonchev–Trinajstić information content (AvgIpc) is 2.49. The third-order valence-corrected chi connectivity index (χ3v) is 2.42. The molecule has 0 spiro atoms. The lowest BCUT2D eigenvalue weighted by Gasteiger charge is -1.99. The molecule has 0 unspecified atom stereocenters. The van der Waals surface area contributed by atoms with E-state index in [2.05, 4.69) is 10.2 Å². The van der Waals surface area contributed by atoms with Crippen molar-refractivity contribution < 1.29 is 9.90 Å². The topological polar surface area (TPSA) is 62.0 Å². The molecule has 0 aliphatic rings. The fraction of sp³-hybridized carbons (Fsp3) is 0. The van der Waals surface area contributed by atoms with Gasteiger partial charge in [0.2, 0.25) is 5.78 Å². The zero-order valence-corrected chi connectivity index (χ0v) is 10.1. The molecule has 4 nitrogen and oxygen atoms in total. The molecule has 0 aliphatic heterocycles. The van der Waals surface area contributed by atoms with E-state index < -0.39 is 0 Å². The van der Waals surface area contributed by atoms with Gasteiger partial charge in [-0.05, 0) is 12.1 Å². The maximum absolute atomic E-state index is 12.0. The van der Waals surface area contributed by atoms with Crippen LogP contribution in [-0.2, 0) is 0 Å². The quantitative estimate of drug-likeness (QED) is 0.386. The predicted octanol–water partition coefficient (Wildman–Crippen LogP) is 4.05. The number of nitrogens with zero attached hydrogens (tertiary/aromatic N) is 2. The number of rotatable bonds is 4. The van der Waals surface area contributed by atoms with Gasteiger partial charge in [0.1, 0.15) is 6.26 Å². The molecule has 94 valence electrons. The van der Waals surface area contributed by atoms with Crippen LogP contribution in [-0.4, -0.2) is 10.9 Å². The monoisotopic (exact) mass is 252 g/mol. The summed E-state index contributed by atoms with van der Waals surface area (Å²) < 4.78 is 0. The van der Waals surface area contributed by atoms with Crippen molar-refractivity contribution in [3.05, 3.63) is 78.2 Å². The number of benzene rings is 2. The molecule has 2 aromatic rings. The van der Waals surface area contributed by atoms with Gasteiger partial charge >= 0.3 is 0 Å². The number of aliphatic hydroxyl groups excluding tert-OH is 1. The van der Waals surface area contributed by atoms with Crippen LogP contribution in [0.15, 0.2) is 82.9 Å². The number of aliphatic hydroxyl groups is 1. The Morgan fingerprint density at radius 3 is 2.11 bits per heavy atom. The number of hydrogen-bond acceptors (Lipinski definition) is 4. The second-order valence-corrected chi connectivity index (χ2v) is 3.75. The zero-order valence-electron chi connectivity index (χ0n) is 10.1. The van der Waals surface area contributed by atoms with E-state index in [1.54, 1.807) is 36.4 Å². The predicted molar refractivity (Wildman–Crippen MR) is 72.4 cm³/mol. The first-order valence-corrected chi connectivity index (χ1v) is 5.72. The van der Waals surface area contributed by atoms with E-state index in [4.69, 9.17) is 5.11 Å². The molecule has 0 bridgehead atoms. The molecule has 4 heteroatoms. The number of hydrogen-bond donors (Lipinski definition) is 1. The lowest BCUT2D eigenvalue weighted by molar-refractivity contribution is 0.102. The summed E-state index contributed by atoms with van der Waals surface area (Å²) in [5.74, 6) is -0.372. The Labute approximate surface area is 110 Å². The summed E-state index contributed by atoms with van der Waals surface area (Å²) in [6.07, 6.45) is 0.668. The number of carbonyl (C=O) groups excluding carboxylic acids is 1. The van der Waals surface area contributed by atoms with Crippen molar-refractivity contribution in [3.63, 3.8) is 0 Å². The molecule has 2 rings (SSSR count). The van der Waals surface area contributed by atoms with Crippen LogP contribution in [0.3, 0.4) is 0 Å². The first-order chi connectivity index (χ1) is 9.31. The van der Waals surface area contributed by atoms with Crippen LogP contribution in [0.25, 0.3) is 0 Å². The van der Waals surface area contributed by atoms with Crippen LogP contribution in [0.4, 0.5) is 5.69 Å². The number of carbonyl (C=O) groups is 1. The lowest BCUT2D eigenvalue weighted by Crippen LogP contribution is -2.00. The highest BCUT2D eigenvalue weighted by Gasteiger charge is 2.11. The van der Waals surface area contributed by atoms with E-state index >= 15 is 0 Å². The third kappa shape index (κ3) is 3.35. The minimum atomic E-state index is -0.372. The Balaban J connectivity index is 2.18. The Hall–Kier alpha value is -2.75. The first-order valence-electron chi connectivity index (χ1n) is 5.72. The van der Waals surface area contributed by atoms with E-state index in [0.717, 1.165) is 0 Å². The summed E-state index contributed by atoms with van der Waals surface area (Å²) in [6.45, 7) is 0. The van der Waals surface area contributed by atoms with Crippen molar-refractivity contribution in [1.29, 1.82) is 0 Å². The van der Waals surface area contributed by atoms with Crippen LogP contribution in [0, 0.1) is 0 Å². The van der Waals surface area contributed by atoms with Gasteiger partial charge in [-0.2, -0.15) is 5.11 Å². The van der Waals surface area contributed by atoms with E-state index in [1.807, 2.05) is 24.3 Å². The third-order valence-electron chi connectivity index (χ3n) is 2.42. The molecule has 2 aromatic carbocycles. The highest BCUT2D eigenvalue weighted by Crippen LogP contribution is 2.15. The zero-order chi connectivity index (χ0) is 13.5. The van der Waals surface area contributed by atoms with Gasteiger partial charge in [-0.1, -0.05) is 48.5 Å². The summed E-state index contributed by atoms with van der Waals surface area (Å²) in [4.78, 5) is 12.0. The maximum atomic E-state index is 12.0. The van der Waals surface area contributed by atoms with Crippen molar-refractivity contribution in [2.75, 3.05) is 0 Å². The Morgan fingerprint density at radius 1 is 0.947 bits per heavy atom. The van der Waals surface area contributed by atoms with Crippen molar-refractivity contribution >= 4 is 11.5 Å². The Morgan fingerprint density at radius 2 is 1.53 bits per heavy atom. The molecule has 0 amide bonds. The summed E-state index contributed by atoms with van der Waals surface area (Å²) in [5.41, 5.74) is 0.965. The van der Waals surface area contributed by atoms with E-state index in [9.17, 15) is 4.79 Å². The molecular weight excluding hydrogens is 240 g/mol. The molecule has 0 aromatic heterocycles. The number of allylic oxidation sites excluding steroid dienone is 1. The van der Waals surface area contributed by atoms with Crippen molar-refractivity contribution in [3.8, 4) is 0 Å². The fourth-order valence-corrected chi connectivity index (χ4v) is 1.47. The fourth-order valence-electron chi connectivity index (χ4n) is 1.47. The minimum absolute atomic E-state index is 0.102. The van der Waals surface area contributed by atoms with Gasteiger partial charge in [-0.15, -0.1) is 5.11 Å². The minimum Gasteiger partial charge on any atom is -0.513 e. The van der Waals surface area contributed by atoms with Crippen LogP contribution in [0.1, 0.15) is 10.4 Å². The van der Waals surface area contributed by atoms with E-state index in [0.29, 0.717) is 17.5 Å². The molecule has 0 heterocycles. The van der Waals surface area contributed by atoms with E-state index in [-0.39, 0.29) is 11.5 Å². The molecule has 19 heavy (non-hydrogen) atoms. The second-order valence-electron chi connectivity index (χ2n) is 3.75. The van der Waals surface area contributed by atoms with Crippen LogP contribution < -0.4 is 0 Å². The van der Waals surface area contributed by atoms with Gasteiger partial charge in [0.25, 0.3) is 0 Å². The highest BCUT2D eigenvalue weighted by molar-refractivity contribution is 6.08. The van der Waals surface area contributed by atoms with Crippen molar-refractivity contribution in [1.82, 2.24) is 0 Å². The molecule has 0 atom stereocenters. The van der Waals surface area contributed by atoms with Gasteiger partial charge in [-0.25, -0.2) is 0 Å². The summed E-state index contributed by atoms with van der Waals surface area (Å²) >= 11 is 0. The Kier molecular flexibility index (Phi) is 4.18. The van der Waals surface area contributed by atoms with Crippen molar-refractivity contribution in [2.24, 2.45) is 10.2 Å². The van der Waals surface area contributed by atoms with E-state index in [1.165, 1.54) is 0 Å². The summed E-state index contributed by atoms with van der Waals surface area (Å²) in [7, 11) is 0. The number of Topliss-reactive ketones (excluding diaryl/α,β-unsaturated/α-hetero) is 1. The summed E-state index contributed by atoms with van der Waals surface area (Å²) in [6, 6.07) is 17.6. The van der Waals surface area contributed by atoms with Crippen LogP contribution in [0.2, 0.25) is 0 Å². The molecular formula is C15H12N2O2. The molecule has 0 saturated heterocycles. The largest absolute Gasteiger partial charge is 0.513 e. The first kappa shape index (κ1) is 12.7. The highest BCUT2D eigenvalue weighted by atomic mass is 16.2. The van der Waals surface area contributed by atoms with Gasteiger partial charge < -0.3 is 5.11 Å². The second kappa shape index (κ2) is 6.26. The Bertz CT molecular complexity index is 605. The van der Waals surface area contributed by atoms with Crippen molar-refractivity contribution in [2.45, 2.75) is 0 Å². The average molecular weight is 252 g/mol. The number of ketones is 1. The smallest absolute Gasteiger partial charge is 0.216 e.